The van der Waals surface area contributed by atoms with E-state index in [-0.39, 0.29) is 5.56 Å². The van der Waals surface area contributed by atoms with Crippen LogP contribution in [-0.2, 0) is 0 Å². The summed E-state index contributed by atoms with van der Waals surface area (Å²) in [5.74, 6) is 1.33. The van der Waals surface area contributed by atoms with Gasteiger partial charge in [-0.3, -0.25) is 4.79 Å². The highest BCUT2D eigenvalue weighted by atomic mass is 16.1. The maximum atomic E-state index is 12.6. The number of benzene rings is 1. The summed E-state index contributed by atoms with van der Waals surface area (Å²) in [6.07, 6.45) is 5.69. The molecule has 5 rings (SSSR count). The fourth-order valence-electron chi connectivity index (χ4n) is 4.34. The van der Waals surface area contributed by atoms with Crippen LogP contribution in [0.3, 0.4) is 0 Å². The van der Waals surface area contributed by atoms with Crippen LogP contribution in [0.15, 0.2) is 29.2 Å². The molecule has 1 saturated carbocycles. The molecule has 0 radical (unpaired) electrons. The monoisotopic (exact) mass is 321 g/mol. The first kappa shape index (κ1) is 13.8. The number of hydrogen-bond donors (Lipinski definition) is 2. The van der Waals surface area contributed by atoms with Gasteiger partial charge in [-0.2, -0.15) is 4.98 Å². The Bertz CT molecular complexity index is 1010. The number of piperidine rings is 1. The Hall–Kier alpha value is -2.63. The lowest BCUT2D eigenvalue weighted by atomic mass is 10.1. The van der Waals surface area contributed by atoms with Crippen LogP contribution in [0.1, 0.15) is 19.3 Å². The van der Waals surface area contributed by atoms with E-state index in [1.54, 1.807) is 13.2 Å². The fraction of sp³-hybridized carbons (Fsp3) is 0.389. The zero-order valence-electron chi connectivity index (χ0n) is 13.5. The Balaban J connectivity index is 1.68. The number of nitrogens with one attached hydrogen (secondary N) is 2. The summed E-state index contributed by atoms with van der Waals surface area (Å²) in [6.45, 7) is 1.12. The number of nitrogens with zero attached hydrogens (tertiary/aromatic N) is 3. The van der Waals surface area contributed by atoms with Gasteiger partial charge in [0.1, 0.15) is 5.65 Å². The number of aromatic nitrogens is 3. The number of hydrogen-bond acceptors (Lipinski definition) is 5. The van der Waals surface area contributed by atoms with E-state index in [4.69, 9.17) is 0 Å². The highest BCUT2D eigenvalue weighted by Crippen LogP contribution is 2.40. The molecule has 1 aromatic carbocycles. The Morgan fingerprint density at radius 3 is 2.92 bits per heavy atom. The lowest BCUT2D eigenvalue weighted by Crippen LogP contribution is -2.31. The van der Waals surface area contributed by atoms with Crippen molar-refractivity contribution < 1.29 is 0 Å². The van der Waals surface area contributed by atoms with Gasteiger partial charge in [-0.15, -0.1) is 0 Å². The molecule has 122 valence electrons. The van der Waals surface area contributed by atoms with E-state index in [1.165, 1.54) is 19.3 Å². The summed E-state index contributed by atoms with van der Waals surface area (Å²) in [5.41, 5.74) is 1.64. The molecule has 6 heteroatoms. The van der Waals surface area contributed by atoms with Crippen molar-refractivity contribution in [2.24, 2.45) is 5.92 Å². The average molecular weight is 321 g/mol. The highest BCUT2D eigenvalue weighted by Gasteiger charge is 2.37. The van der Waals surface area contributed by atoms with Crippen LogP contribution in [0, 0.1) is 5.92 Å². The molecule has 2 aliphatic rings. The second kappa shape index (κ2) is 4.93. The van der Waals surface area contributed by atoms with Crippen molar-refractivity contribution in [1.82, 2.24) is 15.0 Å². The summed E-state index contributed by atoms with van der Waals surface area (Å²) in [5, 5.41) is 5.39. The van der Waals surface area contributed by atoms with E-state index < -0.39 is 0 Å². The predicted octanol–water partition coefficient (Wildman–Crippen LogP) is 2.50. The Morgan fingerprint density at radius 2 is 2.17 bits per heavy atom. The molecular formula is C18H19N5O. The fourth-order valence-corrected chi connectivity index (χ4v) is 4.34. The first-order chi connectivity index (χ1) is 11.7. The Morgan fingerprint density at radius 1 is 1.25 bits per heavy atom. The van der Waals surface area contributed by atoms with Crippen LogP contribution in [-0.4, -0.2) is 34.6 Å². The minimum Gasteiger partial charge on any atom is -0.368 e. The van der Waals surface area contributed by atoms with E-state index in [1.807, 2.05) is 12.1 Å². The smallest absolute Gasteiger partial charge is 0.257 e. The number of aromatic amines is 1. The highest BCUT2D eigenvalue weighted by molar-refractivity contribution is 6.04. The third kappa shape index (κ3) is 1.92. The summed E-state index contributed by atoms with van der Waals surface area (Å²) in [7, 11) is 1.76. The lowest BCUT2D eigenvalue weighted by Gasteiger charge is -2.29. The van der Waals surface area contributed by atoms with Gasteiger partial charge < -0.3 is 15.2 Å². The minimum absolute atomic E-state index is 0.0931. The van der Waals surface area contributed by atoms with E-state index >= 15 is 0 Å². The maximum absolute atomic E-state index is 12.6. The quantitative estimate of drug-likeness (QED) is 0.710. The van der Waals surface area contributed by atoms with Crippen molar-refractivity contribution in [1.29, 1.82) is 0 Å². The Labute approximate surface area is 138 Å². The summed E-state index contributed by atoms with van der Waals surface area (Å²) in [6, 6.07) is 6.85. The van der Waals surface area contributed by atoms with Crippen molar-refractivity contribution >= 4 is 33.4 Å². The van der Waals surface area contributed by atoms with E-state index in [0.29, 0.717) is 23.0 Å². The molecule has 2 unspecified atom stereocenters. The normalized spacial score (nSPS) is 22.6. The maximum Gasteiger partial charge on any atom is 0.257 e. The molecule has 2 atom stereocenters. The summed E-state index contributed by atoms with van der Waals surface area (Å²) in [4.78, 5) is 26.6. The van der Waals surface area contributed by atoms with Gasteiger partial charge in [0.2, 0.25) is 5.95 Å². The van der Waals surface area contributed by atoms with Crippen LogP contribution in [0.5, 0.6) is 0 Å². The molecular weight excluding hydrogens is 302 g/mol. The predicted molar refractivity (Wildman–Crippen MR) is 95.7 cm³/mol. The second-order valence-electron chi connectivity index (χ2n) is 6.88. The van der Waals surface area contributed by atoms with Gasteiger partial charge >= 0.3 is 0 Å². The molecule has 24 heavy (non-hydrogen) atoms. The molecule has 2 bridgehead atoms. The van der Waals surface area contributed by atoms with Gasteiger partial charge in [-0.05, 0) is 42.7 Å². The van der Waals surface area contributed by atoms with Gasteiger partial charge in [-0.25, -0.2) is 4.98 Å². The van der Waals surface area contributed by atoms with Gasteiger partial charge in [0.15, 0.2) is 0 Å². The SMILES string of the molecule is CNc1ncc2c(n1)[nH]c(=O)c1cc(N3CC4CCC3C4)ccc12. The van der Waals surface area contributed by atoms with Crippen LogP contribution >= 0.6 is 0 Å². The molecule has 0 amide bonds. The van der Waals surface area contributed by atoms with Crippen molar-refractivity contribution in [3.8, 4) is 0 Å². The molecule has 2 aromatic heterocycles. The largest absolute Gasteiger partial charge is 0.368 e. The minimum atomic E-state index is -0.0931. The molecule has 1 aliphatic heterocycles. The lowest BCUT2D eigenvalue weighted by molar-refractivity contribution is 0.554. The number of H-pyrrole nitrogens is 1. The van der Waals surface area contributed by atoms with Crippen LogP contribution < -0.4 is 15.8 Å². The number of rotatable bonds is 2. The topological polar surface area (TPSA) is 73.9 Å². The van der Waals surface area contributed by atoms with Crippen molar-refractivity contribution in [2.45, 2.75) is 25.3 Å². The van der Waals surface area contributed by atoms with Crippen LogP contribution in [0.2, 0.25) is 0 Å². The molecule has 1 aliphatic carbocycles. The van der Waals surface area contributed by atoms with Crippen molar-refractivity contribution in [3.63, 3.8) is 0 Å². The third-order valence-electron chi connectivity index (χ3n) is 5.52. The van der Waals surface area contributed by atoms with E-state index in [2.05, 4.69) is 31.2 Å². The first-order valence-corrected chi connectivity index (χ1v) is 8.50. The molecule has 6 nitrogen and oxygen atoms in total. The zero-order valence-corrected chi connectivity index (χ0v) is 13.5. The van der Waals surface area contributed by atoms with Gasteiger partial charge in [-0.1, -0.05) is 6.07 Å². The van der Waals surface area contributed by atoms with E-state index in [9.17, 15) is 4.79 Å². The van der Waals surface area contributed by atoms with Crippen molar-refractivity contribution in [2.75, 3.05) is 23.8 Å². The van der Waals surface area contributed by atoms with Gasteiger partial charge in [0.25, 0.3) is 5.56 Å². The van der Waals surface area contributed by atoms with Crippen molar-refractivity contribution in [3.05, 3.63) is 34.7 Å². The molecule has 3 aromatic rings. The van der Waals surface area contributed by atoms with Crippen LogP contribution in [0.25, 0.3) is 21.8 Å². The summed E-state index contributed by atoms with van der Waals surface area (Å²) >= 11 is 0. The van der Waals surface area contributed by atoms with Gasteiger partial charge in [0.05, 0.1) is 0 Å². The molecule has 1 saturated heterocycles. The molecule has 2 fully saturated rings. The first-order valence-electron chi connectivity index (χ1n) is 8.50. The second-order valence-corrected chi connectivity index (χ2v) is 6.88. The Kier molecular flexibility index (Phi) is 2.83. The zero-order chi connectivity index (χ0) is 16.3. The van der Waals surface area contributed by atoms with Crippen LogP contribution in [0.4, 0.5) is 11.6 Å². The van der Waals surface area contributed by atoms with Gasteiger partial charge in [0, 0.05) is 42.3 Å². The standard InChI is InChI=1S/C18H19N5O/c1-19-18-20-8-15-13-5-4-12(23-9-10-2-3-11(23)6-10)7-14(13)17(24)21-16(15)22-18/h4-5,7-8,10-11H,2-3,6,9H2,1H3,(H2,19,20,21,22,24). The number of anilines is 2. The molecule has 2 N–H and O–H groups in total. The molecule has 0 spiro atoms. The summed E-state index contributed by atoms with van der Waals surface area (Å²) < 4.78 is 0. The molecule has 3 heterocycles. The third-order valence-corrected chi connectivity index (χ3v) is 5.52. The number of fused-ring (bicyclic) bond motifs is 5. The number of pyridine rings is 1. The van der Waals surface area contributed by atoms with E-state index in [0.717, 1.165) is 28.9 Å². The average Bonchev–Trinajstić information content (AvgIpc) is 3.24.